The maximum atomic E-state index is 13.0. The van der Waals surface area contributed by atoms with Crippen LogP contribution in [0.4, 0.5) is 4.79 Å². The number of carbonyl (C=O) groups is 2. The van der Waals surface area contributed by atoms with Crippen LogP contribution in [-0.4, -0.2) is 47.4 Å². The van der Waals surface area contributed by atoms with Crippen LogP contribution in [-0.2, 0) is 14.3 Å². The Morgan fingerprint density at radius 1 is 0.912 bits per heavy atom. The number of amides is 1. The van der Waals surface area contributed by atoms with E-state index in [1.165, 1.54) is 4.90 Å². The highest BCUT2D eigenvalue weighted by molar-refractivity contribution is 5.81. The summed E-state index contributed by atoms with van der Waals surface area (Å²) in [5.74, 6) is -0.534. The van der Waals surface area contributed by atoms with E-state index in [1.807, 2.05) is 78.9 Å². The summed E-state index contributed by atoms with van der Waals surface area (Å²) < 4.78 is 11.7. The molecule has 6 nitrogen and oxygen atoms in total. The molecule has 0 saturated carbocycles. The molecular formula is C28H25NO5. The molecular weight excluding hydrogens is 430 g/mol. The van der Waals surface area contributed by atoms with E-state index >= 15 is 0 Å². The third kappa shape index (κ3) is 4.27. The van der Waals surface area contributed by atoms with Crippen LogP contribution in [0.1, 0.15) is 23.5 Å². The molecule has 2 atom stereocenters. The predicted octanol–water partition coefficient (Wildman–Crippen LogP) is 5.05. The van der Waals surface area contributed by atoms with Gasteiger partial charge >= 0.3 is 12.1 Å². The molecule has 2 aromatic carbocycles. The highest BCUT2D eigenvalue weighted by Crippen LogP contribution is 2.44. The second kappa shape index (κ2) is 9.43. The molecule has 0 radical (unpaired) electrons. The van der Waals surface area contributed by atoms with Crippen LogP contribution in [0, 0.1) is 0 Å². The van der Waals surface area contributed by atoms with Gasteiger partial charge in [0.2, 0.25) is 0 Å². The SMILES string of the molecule is O=C(O)[C@@H]1C[C@@H](OC2=C/C=C\C=C/C=C\2)CN1C(=O)OCC1c2ccccc2-c2ccccc21. The fourth-order valence-electron chi connectivity index (χ4n) is 4.82. The van der Waals surface area contributed by atoms with Crippen molar-refractivity contribution in [1.82, 2.24) is 4.90 Å². The van der Waals surface area contributed by atoms with E-state index in [0.29, 0.717) is 5.76 Å². The number of nitrogens with zero attached hydrogens (tertiary/aromatic N) is 1. The van der Waals surface area contributed by atoms with Crippen molar-refractivity contribution in [1.29, 1.82) is 0 Å². The minimum Gasteiger partial charge on any atom is -0.488 e. The molecule has 1 heterocycles. The van der Waals surface area contributed by atoms with E-state index in [1.54, 1.807) is 0 Å². The normalized spacial score (nSPS) is 25.2. The number of carboxylic acids is 1. The number of rotatable bonds is 5. The zero-order chi connectivity index (χ0) is 23.5. The Morgan fingerprint density at radius 3 is 2.26 bits per heavy atom. The van der Waals surface area contributed by atoms with Crippen LogP contribution >= 0.6 is 0 Å². The maximum Gasteiger partial charge on any atom is 0.410 e. The van der Waals surface area contributed by atoms with Crippen molar-refractivity contribution >= 4 is 12.1 Å². The van der Waals surface area contributed by atoms with Crippen molar-refractivity contribution in [3.8, 4) is 11.1 Å². The Hall–Kier alpha value is -4.06. The molecule has 2 aliphatic carbocycles. The van der Waals surface area contributed by atoms with E-state index in [0.717, 1.165) is 22.3 Å². The second-order valence-corrected chi connectivity index (χ2v) is 8.48. The molecule has 2 aromatic rings. The number of carbonyl (C=O) groups excluding carboxylic acids is 1. The summed E-state index contributed by atoms with van der Waals surface area (Å²) in [4.78, 5) is 26.2. The first-order valence-electron chi connectivity index (χ1n) is 11.3. The first kappa shape index (κ1) is 21.8. The molecule has 1 amide bonds. The van der Waals surface area contributed by atoms with Gasteiger partial charge in [0.25, 0.3) is 0 Å². The highest BCUT2D eigenvalue weighted by Gasteiger charge is 2.42. The van der Waals surface area contributed by atoms with Crippen LogP contribution in [0.5, 0.6) is 0 Å². The number of benzene rings is 2. The van der Waals surface area contributed by atoms with E-state index < -0.39 is 24.2 Å². The van der Waals surface area contributed by atoms with Gasteiger partial charge in [-0.25, -0.2) is 9.59 Å². The summed E-state index contributed by atoms with van der Waals surface area (Å²) in [5, 5.41) is 9.72. The molecule has 34 heavy (non-hydrogen) atoms. The third-order valence-corrected chi connectivity index (χ3v) is 6.39. The Kier molecular flexibility index (Phi) is 6.04. The molecule has 172 valence electrons. The van der Waals surface area contributed by atoms with Gasteiger partial charge in [-0.2, -0.15) is 0 Å². The number of fused-ring (bicyclic) bond motifs is 3. The lowest BCUT2D eigenvalue weighted by atomic mass is 9.98. The fraction of sp³-hybridized carbons (Fsp3) is 0.214. The maximum absolute atomic E-state index is 13.0. The Bertz CT molecular complexity index is 1180. The van der Waals surface area contributed by atoms with Gasteiger partial charge in [-0.3, -0.25) is 4.90 Å². The summed E-state index contributed by atoms with van der Waals surface area (Å²) in [6.07, 6.45) is 12.1. The zero-order valence-electron chi connectivity index (χ0n) is 18.5. The first-order valence-corrected chi connectivity index (χ1v) is 11.3. The second-order valence-electron chi connectivity index (χ2n) is 8.48. The lowest BCUT2D eigenvalue weighted by Gasteiger charge is -2.22. The minimum absolute atomic E-state index is 0.0839. The molecule has 0 aromatic heterocycles. The van der Waals surface area contributed by atoms with Gasteiger partial charge in [0, 0.05) is 12.3 Å². The number of likely N-dealkylation sites (tertiary alicyclic amines) is 1. The molecule has 1 aliphatic heterocycles. The average Bonchev–Trinajstić information content (AvgIpc) is 3.39. The number of carboxylic acid groups (broad SMARTS) is 1. The molecule has 3 aliphatic rings. The van der Waals surface area contributed by atoms with Crippen molar-refractivity contribution in [2.75, 3.05) is 13.2 Å². The molecule has 1 fully saturated rings. The number of hydrogen-bond acceptors (Lipinski definition) is 4. The van der Waals surface area contributed by atoms with E-state index in [9.17, 15) is 14.7 Å². The lowest BCUT2D eigenvalue weighted by molar-refractivity contribution is -0.141. The van der Waals surface area contributed by atoms with Crippen molar-refractivity contribution in [2.45, 2.75) is 24.5 Å². The first-order chi connectivity index (χ1) is 16.6. The van der Waals surface area contributed by atoms with Gasteiger partial charge in [-0.15, -0.1) is 0 Å². The summed E-state index contributed by atoms with van der Waals surface area (Å²) in [6.45, 7) is 0.296. The van der Waals surface area contributed by atoms with E-state index in [2.05, 4.69) is 12.1 Å². The number of hydrogen-bond donors (Lipinski definition) is 1. The molecule has 1 saturated heterocycles. The number of aliphatic carboxylic acids is 1. The van der Waals surface area contributed by atoms with Gasteiger partial charge in [0.15, 0.2) is 0 Å². The number of ether oxygens (including phenoxy) is 2. The monoisotopic (exact) mass is 455 g/mol. The van der Waals surface area contributed by atoms with Crippen LogP contribution in [0.15, 0.2) is 96.8 Å². The Balaban J connectivity index is 1.28. The van der Waals surface area contributed by atoms with Crippen molar-refractivity contribution in [3.05, 3.63) is 108 Å². The molecule has 0 spiro atoms. The van der Waals surface area contributed by atoms with Crippen molar-refractivity contribution < 1.29 is 24.2 Å². The highest BCUT2D eigenvalue weighted by atomic mass is 16.6. The van der Waals surface area contributed by atoms with Gasteiger partial charge in [0.05, 0.1) is 6.54 Å². The van der Waals surface area contributed by atoms with E-state index in [-0.39, 0.29) is 25.5 Å². The van der Waals surface area contributed by atoms with Crippen molar-refractivity contribution in [2.24, 2.45) is 0 Å². The fourth-order valence-corrected chi connectivity index (χ4v) is 4.82. The smallest absolute Gasteiger partial charge is 0.410 e. The summed E-state index contributed by atoms with van der Waals surface area (Å²) >= 11 is 0. The zero-order valence-corrected chi connectivity index (χ0v) is 18.5. The van der Waals surface area contributed by atoms with Crippen LogP contribution in [0.25, 0.3) is 11.1 Å². The summed E-state index contributed by atoms with van der Waals surface area (Å²) in [7, 11) is 0. The van der Waals surface area contributed by atoms with Crippen LogP contribution in [0.2, 0.25) is 0 Å². The summed E-state index contributed by atoms with van der Waals surface area (Å²) in [6, 6.07) is 15.2. The summed E-state index contributed by atoms with van der Waals surface area (Å²) in [5.41, 5.74) is 4.50. The van der Waals surface area contributed by atoms with Gasteiger partial charge in [0.1, 0.15) is 24.5 Å². The molecule has 5 rings (SSSR count). The Morgan fingerprint density at radius 2 is 1.56 bits per heavy atom. The quantitative estimate of drug-likeness (QED) is 0.683. The molecule has 0 bridgehead atoms. The van der Waals surface area contributed by atoms with Gasteiger partial charge in [-0.1, -0.05) is 78.9 Å². The van der Waals surface area contributed by atoms with Gasteiger partial charge < -0.3 is 14.6 Å². The molecule has 0 unspecified atom stereocenters. The lowest BCUT2D eigenvalue weighted by Crippen LogP contribution is -2.41. The van der Waals surface area contributed by atoms with Crippen molar-refractivity contribution in [3.63, 3.8) is 0 Å². The number of allylic oxidation sites excluding steroid dienone is 7. The largest absolute Gasteiger partial charge is 0.488 e. The van der Waals surface area contributed by atoms with Crippen LogP contribution < -0.4 is 0 Å². The minimum atomic E-state index is -1.07. The molecule has 6 heteroatoms. The average molecular weight is 456 g/mol. The van der Waals surface area contributed by atoms with Gasteiger partial charge in [-0.05, 0) is 34.4 Å². The van der Waals surface area contributed by atoms with Crippen LogP contribution in [0.3, 0.4) is 0 Å². The standard InChI is InChI=1S/C28H25NO5/c30-27(31)26-16-20(34-19-10-4-2-1-3-5-11-19)17-29(26)28(32)33-18-25-23-14-8-6-12-21(23)22-13-7-9-15-24(22)25/h1-15,20,25-26H,16-18H2,(H,30,31)/b2-1-,3-1?,4-2?,5-3-,10-4-,11-5?,19-10?,19-11+/t20-,26+/m1/s1. The predicted molar refractivity (Wildman–Crippen MR) is 128 cm³/mol. The third-order valence-electron chi connectivity index (χ3n) is 6.39. The Labute approximate surface area is 198 Å². The molecule has 1 N–H and O–H groups in total. The van der Waals surface area contributed by atoms with E-state index in [4.69, 9.17) is 9.47 Å². The topological polar surface area (TPSA) is 76.1 Å².